The fourth-order valence-electron chi connectivity index (χ4n) is 4.22. The van der Waals surface area contributed by atoms with Crippen molar-refractivity contribution in [3.8, 4) is 10.4 Å². The predicted octanol–water partition coefficient (Wildman–Crippen LogP) is 2.81. The van der Waals surface area contributed by atoms with Crippen molar-refractivity contribution in [1.82, 2.24) is 20.5 Å². The molecule has 3 rings (SSSR count). The van der Waals surface area contributed by atoms with Gasteiger partial charge in [-0.05, 0) is 30.4 Å². The van der Waals surface area contributed by atoms with Gasteiger partial charge in [-0.2, -0.15) is 0 Å². The van der Waals surface area contributed by atoms with Crippen LogP contribution in [-0.2, 0) is 14.4 Å². The highest BCUT2D eigenvalue weighted by atomic mass is 32.1. The number of carbonyl (C=O) groups excluding carboxylic acids is 3. The van der Waals surface area contributed by atoms with Gasteiger partial charge in [-0.25, -0.2) is 4.98 Å². The number of amides is 3. The lowest BCUT2D eigenvalue weighted by Gasteiger charge is -2.35. The standard InChI is InChI=1S/C25H34N4O4S/c1-14(17-7-9-18(10-8-17)21-15(2)26-13-34-21)27-23(32)20-11-19(31)12-29(20)24(33)22(25(4,5)6)28-16(3)30/h7-10,13-14,19-20,22,31H,11-12H2,1-6H3,(H,27,32)(H,28,30)/t14?,19?,20-,22?/m0/s1. The summed E-state index contributed by atoms with van der Waals surface area (Å²) in [7, 11) is 0. The molecule has 1 aromatic carbocycles. The Bertz CT molecular complexity index is 1040. The third-order valence-electron chi connectivity index (χ3n) is 6.10. The van der Waals surface area contributed by atoms with E-state index < -0.39 is 23.6 Å². The van der Waals surface area contributed by atoms with Gasteiger partial charge in [0.2, 0.25) is 17.7 Å². The highest BCUT2D eigenvalue weighted by molar-refractivity contribution is 7.13. The Kier molecular flexibility index (Phi) is 7.77. The zero-order chi connectivity index (χ0) is 25.2. The van der Waals surface area contributed by atoms with E-state index in [1.807, 2.05) is 64.4 Å². The molecule has 8 nitrogen and oxygen atoms in total. The summed E-state index contributed by atoms with van der Waals surface area (Å²) in [6.07, 6.45) is -0.639. The highest BCUT2D eigenvalue weighted by Crippen LogP contribution is 2.29. The average molecular weight is 487 g/mol. The number of thiazole rings is 1. The first-order chi connectivity index (χ1) is 15.9. The number of rotatable bonds is 6. The topological polar surface area (TPSA) is 112 Å². The number of aryl methyl sites for hydroxylation is 1. The minimum atomic E-state index is -0.803. The van der Waals surface area contributed by atoms with Gasteiger partial charge < -0.3 is 20.6 Å². The third kappa shape index (κ3) is 5.82. The number of benzene rings is 1. The molecule has 0 radical (unpaired) electrons. The van der Waals surface area contributed by atoms with Crippen LogP contribution in [0.2, 0.25) is 0 Å². The van der Waals surface area contributed by atoms with E-state index in [0.717, 1.165) is 21.7 Å². The molecule has 1 aliphatic heterocycles. The number of likely N-dealkylation sites (tertiary alicyclic amines) is 1. The zero-order valence-corrected chi connectivity index (χ0v) is 21.4. The van der Waals surface area contributed by atoms with Crippen molar-refractivity contribution >= 4 is 29.1 Å². The summed E-state index contributed by atoms with van der Waals surface area (Å²) >= 11 is 1.59. The Morgan fingerprint density at radius 3 is 2.35 bits per heavy atom. The highest BCUT2D eigenvalue weighted by Gasteiger charge is 2.44. The van der Waals surface area contributed by atoms with Crippen LogP contribution in [0.4, 0.5) is 0 Å². The quantitative estimate of drug-likeness (QED) is 0.581. The largest absolute Gasteiger partial charge is 0.391 e. The number of nitrogens with one attached hydrogen (secondary N) is 2. The fourth-order valence-corrected chi connectivity index (χ4v) is 5.03. The Morgan fingerprint density at radius 2 is 1.82 bits per heavy atom. The van der Waals surface area contributed by atoms with Crippen LogP contribution in [-0.4, -0.2) is 57.4 Å². The van der Waals surface area contributed by atoms with Gasteiger partial charge in [0.25, 0.3) is 0 Å². The smallest absolute Gasteiger partial charge is 0.246 e. The van der Waals surface area contributed by atoms with Gasteiger partial charge in [0.15, 0.2) is 0 Å². The van der Waals surface area contributed by atoms with Crippen molar-refractivity contribution in [1.29, 1.82) is 0 Å². The molecule has 1 saturated heterocycles. The van der Waals surface area contributed by atoms with Crippen LogP contribution in [0.3, 0.4) is 0 Å². The molecular formula is C25H34N4O4S. The molecule has 4 atom stereocenters. The van der Waals surface area contributed by atoms with Crippen molar-refractivity contribution in [2.24, 2.45) is 5.41 Å². The van der Waals surface area contributed by atoms with Crippen LogP contribution in [0.5, 0.6) is 0 Å². The molecule has 2 aromatic rings. The van der Waals surface area contributed by atoms with E-state index in [4.69, 9.17) is 0 Å². The molecule has 9 heteroatoms. The van der Waals surface area contributed by atoms with Crippen LogP contribution in [0.15, 0.2) is 29.8 Å². The molecule has 34 heavy (non-hydrogen) atoms. The van der Waals surface area contributed by atoms with Gasteiger partial charge in [0.05, 0.1) is 28.2 Å². The van der Waals surface area contributed by atoms with E-state index in [9.17, 15) is 19.5 Å². The molecule has 3 unspecified atom stereocenters. The average Bonchev–Trinajstić information content (AvgIpc) is 3.36. The molecule has 2 heterocycles. The van der Waals surface area contributed by atoms with Crippen LogP contribution in [0, 0.1) is 12.3 Å². The number of aromatic nitrogens is 1. The number of aliphatic hydroxyl groups excluding tert-OH is 1. The van der Waals surface area contributed by atoms with Gasteiger partial charge >= 0.3 is 0 Å². The summed E-state index contributed by atoms with van der Waals surface area (Å²) in [6, 6.07) is 6.07. The van der Waals surface area contributed by atoms with Crippen molar-refractivity contribution in [2.45, 2.75) is 72.2 Å². The summed E-state index contributed by atoms with van der Waals surface area (Å²) in [6.45, 7) is 10.8. The second-order valence-electron chi connectivity index (χ2n) is 10.0. The second-order valence-corrected chi connectivity index (χ2v) is 10.9. The molecule has 184 valence electrons. The minimum Gasteiger partial charge on any atom is -0.391 e. The molecule has 0 bridgehead atoms. The van der Waals surface area contributed by atoms with Crippen molar-refractivity contribution in [3.05, 3.63) is 41.0 Å². The summed E-state index contributed by atoms with van der Waals surface area (Å²) < 4.78 is 0. The zero-order valence-electron chi connectivity index (χ0n) is 20.6. The Labute approximate surface area is 204 Å². The number of aliphatic hydroxyl groups is 1. The first kappa shape index (κ1) is 25.8. The lowest BCUT2D eigenvalue weighted by atomic mass is 9.85. The Balaban J connectivity index is 1.72. The van der Waals surface area contributed by atoms with Gasteiger partial charge in [-0.3, -0.25) is 14.4 Å². The molecule has 1 aromatic heterocycles. The summed E-state index contributed by atoms with van der Waals surface area (Å²) in [5.41, 5.74) is 4.26. The van der Waals surface area contributed by atoms with E-state index in [0.29, 0.717) is 0 Å². The van der Waals surface area contributed by atoms with Gasteiger partial charge in [0, 0.05) is 19.9 Å². The van der Waals surface area contributed by atoms with Crippen molar-refractivity contribution in [2.75, 3.05) is 6.54 Å². The molecule has 1 aliphatic rings. The normalized spacial score (nSPS) is 20.0. The van der Waals surface area contributed by atoms with Crippen LogP contribution >= 0.6 is 11.3 Å². The number of nitrogens with zero attached hydrogens (tertiary/aromatic N) is 2. The molecule has 0 spiro atoms. The van der Waals surface area contributed by atoms with Gasteiger partial charge in [-0.15, -0.1) is 11.3 Å². The van der Waals surface area contributed by atoms with E-state index in [-0.39, 0.29) is 36.7 Å². The third-order valence-corrected chi connectivity index (χ3v) is 7.08. The molecule has 0 saturated carbocycles. The maximum atomic E-state index is 13.3. The number of hydrogen-bond acceptors (Lipinski definition) is 6. The summed E-state index contributed by atoms with van der Waals surface area (Å²) in [5.74, 6) is -1.01. The number of hydrogen-bond donors (Lipinski definition) is 3. The van der Waals surface area contributed by atoms with Crippen molar-refractivity contribution in [3.63, 3.8) is 0 Å². The van der Waals surface area contributed by atoms with Crippen LogP contribution < -0.4 is 10.6 Å². The SMILES string of the molecule is CC(=O)NC(C(=O)N1CC(O)C[C@H]1C(=O)NC(C)c1ccc(-c2scnc2C)cc1)C(C)(C)C. The molecule has 0 aliphatic carbocycles. The van der Waals surface area contributed by atoms with E-state index in [1.54, 1.807) is 11.3 Å². The molecular weight excluding hydrogens is 452 g/mol. The summed E-state index contributed by atoms with van der Waals surface area (Å²) in [5, 5.41) is 16.0. The predicted molar refractivity (Wildman–Crippen MR) is 132 cm³/mol. The maximum absolute atomic E-state index is 13.3. The van der Waals surface area contributed by atoms with Crippen LogP contribution in [0.1, 0.15) is 58.3 Å². The molecule has 3 amide bonds. The fraction of sp³-hybridized carbons (Fsp3) is 0.520. The minimum absolute atomic E-state index is 0.0559. The maximum Gasteiger partial charge on any atom is 0.246 e. The Hall–Kier alpha value is -2.78. The van der Waals surface area contributed by atoms with Gasteiger partial charge in [0.1, 0.15) is 12.1 Å². The molecule has 1 fully saturated rings. The first-order valence-electron chi connectivity index (χ1n) is 11.4. The number of β-amino-alcohol motifs (C(OH)–C–C–N with tert-alkyl or cyclic N) is 1. The number of carbonyl (C=O) groups is 3. The lowest BCUT2D eigenvalue weighted by Crippen LogP contribution is -2.57. The molecule has 3 N–H and O–H groups in total. The monoisotopic (exact) mass is 486 g/mol. The van der Waals surface area contributed by atoms with Crippen LogP contribution in [0.25, 0.3) is 10.4 Å². The second kappa shape index (κ2) is 10.2. The Morgan fingerprint density at radius 1 is 1.18 bits per heavy atom. The first-order valence-corrected chi connectivity index (χ1v) is 12.3. The van der Waals surface area contributed by atoms with Gasteiger partial charge in [-0.1, -0.05) is 45.0 Å². The van der Waals surface area contributed by atoms with E-state index in [1.165, 1.54) is 11.8 Å². The summed E-state index contributed by atoms with van der Waals surface area (Å²) in [4.78, 5) is 45.0. The van der Waals surface area contributed by atoms with E-state index in [2.05, 4.69) is 15.6 Å². The van der Waals surface area contributed by atoms with E-state index >= 15 is 0 Å². The van der Waals surface area contributed by atoms with Crippen molar-refractivity contribution < 1.29 is 19.5 Å². The lowest BCUT2D eigenvalue weighted by molar-refractivity contribution is -0.144.